The van der Waals surface area contributed by atoms with Crippen LogP contribution in [0, 0.1) is 0 Å². The molecule has 0 saturated heterocycles. The molecule has 0 amide bonds. The second kappa shape index (κ2) is 11.5. The molecule has 3 heteroatoms. The maximum atomic E-state index is 5.11. The molecule has 0 radical (unpaired) electrons. The van der Waals surface area contributed by atoms with E-state index in [9.17, 15) is 0 Å². The summed E-state index contributed by atoms with van der Waals surface area (Å²) in [6, 6.07) is 67.4. The van der Waals surface area contributed by atoms with E-state index in [2.05, 4.69) is 152 Å². The Bertz CT molecular complexity index is 2790. The fourth-order valence-corrected chi connectivity index (χ4v) is 9.03. The molecule has 0 fully saturated rings. The lowest BCUT2D eigenvalue weighted by molar-refractivity contribution is 0.794. The zero-order valence-electron chi connectivity index (χ0n) is 28.7. The Morgan fingerprint density at radius 1 is 0.264 bits per heavy atom. The summed E-state index contributed by atoms with van der Waals surface area (Å²) in [7, 11) is 0. The third-order valence-electron chi connectivity index (χ3n) is 11.2. The highest BCUT2D eigenvalue weighted by atomic mass is 15.0. The van der Waals surface area contributed by atoms with E-state index in [-0.39, 0.29) is 0 Å². The van der Waals surface area contributed by atoms with E-state index in [1.165, 1.54) is 55.6 Å². The molecule has 53 heavy (non-hydrogen) atoms. The van der Waals surface area contributed by atoms with Crippen LogP contribution in [0.2, 0.25) is 0 Å². The van der Waals surface area contributed by atoms with Crippen LogP contribution in [0.3, 0.4) is 0 Å². The molecule has 3 nitrogen and oxygen atoms in total. The van der Waals surface area contributed by atoms with Gasteiger partial charge in [-0.3, -0.25) is 0 Å². The molecule has 246 valence electrons. The number of fused-ring (bicyclic) bond motifs is 11. The molecule has 2 aliphatic carbocycles. The lowest BCUT2D eigenvalue weighted by atomic mass is 9.70. The van der Waals surface area contributed by atoms with Gasteiger partial charge in [0.05, 0.1) is 5.41 Å². The van der Waals surface area contributed by atoms with Gasteiger partial charge in [-0.15, -0.1) is 0 Å². The van der Waals surface area contributed by atoms with E-state index in [1.54, 1.807) is 0 Å². The number of hydrogen-bond donors (Lipinski definition) is 0. The molecular formula is C50H31N3. The van der Waals surface area contributed by atoms with Crippen LogP contribution in [-0.4, -0.2) is 15.0 Å². The highest BCUT2D eigenvalue weighted by Crippen LogP contribution is 2.64. The van der Waals surface area contributed by atoms with Gasteiger partial charge in [0.1, 0.15) is 0 Å². The van der Waals surface area contributed by atoms with Crippen LogP contribution in [0.15, 0.2) is 188 Å². The van der Waals surface area contributed by atoms with E-state index >= 15 is 0 Å². The minimum atomic E-state index is -0.391. The number of aromatic nitrogens is 3. The topological polar surface area (TPSA) is 38.7 Å². The van der Waals surface area contributed by atoms with Crippen LogP contribution in [0.25, 0.3) is 78.3 Å². The van der Waals surface area contributed by atoms with Crippen LogP contribution >= 0.6 is 0 Å². The standard InChI is InChI=1S/C50H31N3/c1-3-16-32(17-4-1)47-51-48(33-18-5-2-6-19-33)53-49(52-47)40-31-30-36(34-20-7-8-21-35(34)40)39-25-15-29-45-46(39)41-24-11-14-28-44(41)50(45)42-26-12-9-22-37(42)38-23-10-13-27-43(38)50/h1-31H. The summed E-state index contributed by atoms with van der Waals surface area (Å²) >= 11 is 0. The molecule has 9 aromatic rings. The molecule has 0 unspecified atom stereocenters. The summed E-state index contributed by atoms with van der Waals surface area (Å²) < 4.78 is 0. The average molecular weight is 674 g/mol. The van der Waals surface area contributed by atoms with Crippen LogP contribution in [0.5, 0.6) is 0 Å². The van der Waals surface area contributed by atoms with Gasteiger partial charge in [0.15, 0.2) is 17.5 Å². The van der Waals surface area contributed by atoms with Crippen molar-refractivity contribution in [2.75, 3.05) is 0 Å². The van der Waals surface area contributed by atoms with Crippen molar-refractivity contribution in [1.82, 2.24) is 15.0 Å². The highest BCUT2D eigenvalue weighted by molar-refractivity contribution is 6.08. The smallest absolute Gasteiger partial charge is 0.164 e. The maximum absolute atomic E-state index is 5.11. The van der Waals surface area contributed by atoms with Crippen LogP contribution in [0.4, 0.5) is 0 Å². The number of rotatable bonds is 4. The van der Waals surface area contributed by atoms with Gasteiger partial charge >= 0.3 is 0 Å². The Hall–Kier alpha value is -6.97. The van der Waals surface area contributed by atoms with E-state index in [0.29, 0.717) is 17.5 Å². The quantitative estimate of drug-likeness (QED) is 0.187. The molecule has 11 rings (SSSR count). The fraction of sp³-hybridized carbons (Fsp3) is 0.0200. The van der Waals surface area contributed by atoms with Gasteiger partial charge in [0, 0.05) is 16.7 Å². The van der Waals surface area contributed by atoms with Crippen molar-refractivity contribution in [3.05, 3.63) is 210 Å². The number of hydrogen-bond acceptors (Lipinski definition) is 3. The van der Waals surface area contributed by atoms with Crippen molar-refractivity contribution in [2.24, 2.45) is 0 Å². The zero-order chi connectivity index (χ0) is 34.9. The molecule has 0 saturated carbocycles. The van der Waals surface area contributed by atoms with E-state index in [1.807, 2.05) is 36.4 Å². The Morgan fingerprint density at radius 2 is 0.679 bits per heavy atom. The lowest BCUT2D eigenvalue weighted by Crippen LogP contribution is -2.25. The molecule has 0 bridgehead atoms. The van der Waals surface area contributed by atoms with Crippen molar-refractivity contribution >= 4 is 10.8 Å². The van der Waals surface area contributed by atoms with Gasteiger partial charge in [-0.05, 0) is 72.5 Å². The Labute approximate surface area is 308 Å². The van der Waals surface area contributed by atoms with Gasteiger partial charge in [-0.1, -0.05) is 182 Å². The molecule has 0 atom stereocenters. The predicted molar refractivity (Wildman–Crippen MR) is 215 cm³/mol. The first-order valence-electron chi connectivity index (χ1n) is 18.1. The third-order valence-corrected chi connectivity index (χ3v) is 11.2. The molecule has 1 aromatic heterocycles. The van der Waals surface area contributed by atoms with E-state index in [4.69, 9.17) is 15.0 Å². The van der Waals surface area contributed by atoms with E-state index < -0.39 is 5.41 Å². The highest BCUT2D eigenvalue weighted by Gasteiger charge is 2.52. The molecule has 2 aliphatic rings. The van der Waals surface area contributed by atoms with Crippen molar-refractivity contribution in [1.29, 1.82) is 0 Å². The second-order valence-electron chi connectivity index (χ2n) is 13.9. The van der Waals surface area contributed by atoms with Gasteiger partial charge < -0.3 is 0 Å². The SMILES string of the molecule is c1ccc(-c2nc(-c3ccccc3)nc(-c3ccc(-c4cccc5c4-c4ccccc4C54c5ccccc5-c5ccccc54)c4ccccc34)n2)cc1. The molecule has 8 aromatic carbocycles. The largest absolute Gasteiger partial charge is 0.208 e. The summed E-state index contributed by atoms with van der Waals surface area (Å²) in [6.45, 7) is 0. The first-order chi connectivity index (χ1) is 26.3. The number of benzene rings is 8. The second-order valence-corrected chi connectivity index (χ2v) is 13.9. The minimum Gasteiger partial charge on any atom is -0.208 e. The fourth-order valence-electron chi connectivity index (χ4n) is 9.03. The predicted octanol–water partition coefficient (Wildman–Crippen LogP) is 12.0. The molecule has 0 N–H and O–H groups in total. The molecule has 0 aliphatic heterocycles. The maximum Gasteiger partial charge on any atom is 0.164 e. The molecular weight excluding hydrogens is 643 g/mol. The minimum absolute atomic E-state index is 0.391. The summed E-state index contributed by atoms with van der Waals surface area (Å²) in [5.41, 5.74) is 15.5. The third kappa shape index (κ3) is 4.25. The van der Waals surface area contributed by atoms with Gasteiger partial charge in [0.25, 0.3) is 0 Å². The Balaban J connectivity index is 1.16. The van der Waals surface area contributed by atoms with Crippen molar-refractivity contribution in [2.45, 2.75) is 5.41 Å². The summed E-state index contributed by atoms with van der Waals surface area (Å²) in [4.78, 5) is 15.2. The van der Waals surface area contributed by atoms with Gasteiger partial charge in [-0.25, -0.2) is 15.0 Å². The van der Waals surface area contributed by atoms with Crippen molar-refractivity contribution < 1.29 is 0 Å². The van der Waals surface area contributed by atoms with Crippen molar-refractivity contribution in [3.63, 3.8) is 0 Å². The van der Waals surface area contributed by atoms with Gasteiger partial charge in [0.2, 0.25) is 0 Å². The van der Waals surface area contributed by atoms with Crippen molar-refractivity contribution in [3.8, 4) is 67.5 Å². The average Bonchev–Trinajstić information content (AvgIpc) is 3.71. The normalized spacial score (nSPS) is 13.1. The van der Waals surface area contributed by atoms with Gasteiger partial charge in [-0.2, -0.15) is 0 Å². The van der Waals surface area contributed by atoms with Crippen LogP contribution in [-0.2, 0) is 5.41 Å². The molecule has 1 heterocycles. The van der Waals surface area contributed by atoms with Crippen LogP contribution in [0.1, 0.15) is 22.3 Å². The molecule has 1 spiro atoms. The first kappa shape index (κ1) is 29.7. The summed E-state index contributed by atoms with van der Waals surface area (Å²) in [5, 5.41) is 2.26. The Morgan fingerprint density at radius 3 is 1.28 bits per heavy atom. The lowest BCUT2D eigenvalue weighted by Gasteiger charge is -2.30. The zero-order valence-corrected chi connectivity index (χ0v) is 28.7. The monoisotopic (exact) mass is 673 g/mol. The summed E-state index contributed by atoms with van der Waals surface area (Å²) in [6.07, 6.45) is 0. The number of nitrogens with zero attached hydrogens (tertiary/aromatic N) is 3. The summed E-state index contributed by atoms with van der Waals surface area (Å²) in [5.74, 6) is 1.97. The van der Waals surface area contributed by atoms with E-state index in [0.717, 1.165) is 27.5 Å². The Kier molecular flexibility index (Phi) is 6.47. The van der Waals surface area contributed by atoms with Crippen LogP contribution < -0.4 is 0 Å². The first-order valence-corrected chi connectivity index (χ1v) is 18.1.